The van der Waals surface area contributed by atoms with Gasteiger partial charge in [-0.2, -0.15) is 0 Å². The SMILES string of the molecule is COc1cc(CNC(=O)C2CCCCC2C(=O)O)ccc1OCCCN(C)C. The first kappa shape index (κ1) is 22.0. The van der Waals surface area contributed by atoms with Crippen molar-refractivity contribution >= 4 is 11.9 Å². The van der Waals surface area contributed by atoms with Crippen LogP contribution in [-0.2, 0) is 16.1 Å². The van der Waals surface area contributed by atoms with E-state index >= 15 is 0 Å². The van der Waals surface area contributed by atoms with Crippen LogP contribution in [0.3, 0.4) is 0 Å². The second kappa shape index (κ2) is 10.9. The molecule has 1 aromatic rings. The van der Waals surface area contributed by atoms with Crippen molar-refractivity contribution in [3.63, 3.8) is 0 Å². The van der Waals surface area contributed by atoms with Gasteiger partial charge in [0, 0.05) is 13.1 Å². The fourth-order valence-corrected chi connectivity index (χ4v) is 3.56. The second-order valence-corrected chi connectivity index (χ2v) is 7.54. The normalized spacial score (nSPS) is 19.3. The van der Waals surface area contributed by atoms with Crippen molar-refractivity contribution in [2.24, 2.45) is 11.8 Å². The molecule has 0 radical (unpaired) electrons. The molecule has 0 heterocycles. The molecule has 1 amide bonds. The van der Waals surface area contributed by atoms with Crippen LogP contribution < -0.4 is 14.8 Å². The quantitative estimate of drug-likeness (QED) is 0.595. The molecule has 0 aliphatic heterocycles. The highest BCUT2D eigenvalue weighted by atomic mass is 16.5. The van der Waals surface area contributed by atoms with E-state index in [1.165, 1.54) is 0 Å². The number of hydrogen-bond donors (Lipinski definition) is 2. The number of rotatable bonds is 10. The molecule has 2 unspecified atom stereocenters. The molecule has 2 rings (SSSR count). The molecule has 1 aliphatic rings. The molecule has 1 aromatic carbocycles. The number of carboxylic acids is 1. The molecule has 1 fully saturated rings. The number of methoxy groups -OCH3 is 1. The number of nitrogens with zero attached hydrogens (tertiary/aromatic N) is 1. The van der Waals surface area contributed by atoms with Crippen molar-refractivity contribution in [2.45, 2.75) is 38.6 Å². The van der Waals surface area contributed by atoms with Gasteiger partial charge in [0.25, 0.3) is 0 Å². The van der Waals surface area contributed by atoms with Crippen LogP contribution in [0.2, 0.25) is 0 Å². The van der Waals surface area contributed by atoms with E-state index in [1.54, 1.807) is 7.11 Å². The monoisotopic (exact) mass is 392 g/mol. The molecule has 0 saturated heterocycles. The maximum Gasteiger partial charge on any atom is 0.307 e. The Morgan fingerprint density at radius 1 is 1.18 bits per heavy atom. The molecular weight excluding hydrogens is 360 g/mol. The number of carbonyl (C=O) groups excluding carboxylic acids is 1. The third-order valence-electron chi connectivity index (χ3n) is 5.12. The number of nitrogens with one attached hydrogen (secondary N) is 1. The number of amides is 1. The van der Waals surface area contributed by atoms with Crippen LogP contribution in [0.4, 0.5) is 0 Å². The summed E-state index contributed by atoms with van der Waals surface area (Å²) in [6.07, 6.45) is 3.89. The van der Waals surface area contributed by atoms with E-state index < -0.39 is 17.8 Å². The first-order valence-electron chi connectivity index (χ1n) is 9.87. The van der Waals surface area contributed by atoms with Gasteiger partial charge in [0.05, 0.1) is 25.6 Å². The third-order valence-corrected chi connectivity index (χ3v) is 5.12. The van der Waals surface area contributed by atoms with Crippen molar-refractivity contribution < 1.29 is 24.2 Å². The molecule has 1 aliphatic carbocycles. The first-order valence-corrected chi connectivity index (χ1v) is 9.87. The minimum Gasteiger partial charge on any atom is -0.493 e. The van der Waals surface area contributed by atoms with Crippen molar-refractivity contribution in [1.82, 2.24) is 10.2 Å². The van der Waals surface area contributed by atoms with E-state index in [0.717, 1.165) is 31.4 Å². The van der Waals surface area contributed by atoms with Gasteiger partial charge in [0.1, 0.15) is 0 Å². The summed E-state index contributed by atoms with van der Waals surface area (Å²) >= 11 is 0. The largest absolute Gasteiger partial charge is 0.493 e. The molecule has 28 heavy (non-hydrogen) atoms. The first-order chi connectivity index (χ1) is 13.4. The Bertz CT molecular complexity index is 662. The van der Waals surface area contributed by atoms with Crippen LogP contribution in [0.15, 0.2) is 18.2 Å². The molecule has 2 atom stereocenters. The number of carboxylic acid groups (broad SMARTS) is 1. The highest BCUT2D eigenvalue weighted by Crippen LogP contribution is 2.31. The molecule has 0 spiro atoms. The number of benzene rings is 1. The summed E-state index contributed by atoms with van der Waals surface area (Å²) in [4.78, 5) is 26.0. The Kier molecular flexibility index (Phi) is 8.57. The van der Waals surface area contributed by atoms with Gasteiger partial charge in [-0.1, -0.05) is 18.9 Å². The Labute approximate surface area is 167 Å². The smallest absolute Gasteiger partial charge is 0.307 e. The van der Waals surface area contributed by atoms with Gasteiger partial charge in [-0.25, -0.2) is 0 Å². The van der Waals surface area contributed by atoms with Crippen molar-refractivity contribution in [1.29, 1.82) is 0 Å². The highest BCUT2D eigenvalue weighted by Gasteiger charge is 2.35. The highest BCUT2D eigenvalue weighted by molar-refractivity contribution is 5.84. The van der Waals surface area contributed by atoms with Gasteiger partial charge in [-0.15, -0.1) is 0 Å². The van der Waals surface area contributed by atoms with Gasteiger partial charge < -0.3 is 24.8 Å². The zero-order chi connectivity index (χ0) is 20.5. The van der Waals surface area contributed by atoms with Crippen LogP contribution in [0.25, 0.3) is 0 Å². The fraction of sp³-hybridized carbons (Fsp3) is 0.619. The minimum absolute atomic E-state index is 0.185. The standard InChI is InChI=1S/C21H32N2O5/c1-23(2)11-6-12-28-18-10-9-15(13-19(18)27-3)14-22-20(24)16-7-4-5-8-17(16)21(25)26/h9-10,13,16-17H,4-8,11-12,14H2,1-3H3,(H,22,24)(H,25,26). The summed E-state index contributed by atoms with van der Waals surface area (Å²) < 4.78 is 11.2. The topological polar surface area (TPSA) is 88.1 Å². The summed E-state index contributed by atoms with van der Waals surface area (Å²) in [5, 5.41) is 12.2. The number of carbonyl (C=O) groups is 2. The minimum atomic E-state index is -0.878. The van der Waals surface area contributed by atoms with Crippen molar-refractivity contribution in [3.8, 4) is 11.5 Å². The lowest BCUT2D eigenvalue weighted by Crippen LogP contribution is -2.39. The lowest BCUT2D eigenvalue weighted by atomic mass is 9.78. The second-order valence-electron chi connectivity index (χ2n) is 7.54. The lowest BCUT2D eigenvalue weighted by Gasteiger charge is -2.27. The molecule has 0 bridgehead atoms. The van der Waals surface area contributed by atoms with E-state index in [2.05, 4.69) is 10.2 Å². The summed E-state index contributed by atoms with van der Waals surface area (Å²) in [5.74, 6) is -0.798. The van der Waals surface area contributed by atoms with Gasteiger partial charge in [0.15, 0.2) is 11.5 Å². The average Bonchev–Trinajstić information content (AvgIpc) is 2.69. The van der Waals surface area contributed by atoms with E-state index in [-0.39, 0.29) is 5.91 Å². The summed E-state index contributed by atoms with van der Waals surface area (Å²) in [6, 6.07) is 5.58. The van der Waals surface area contributed by atoms with E-state index in [4.69, 9.17) is 9.47 Å². The van der Waals surface area contributed by atoms with Crippen LogP contribution in [0.5, 0.6) is 11.5 Å². The zero-order valence-corrected chi connectivity index (χ0v) is 17.1. The maximum atomic E-state index is 12.5. The van der Waals surface area contributed by atoms with Crippen LogP contribution in [0.1, 0.15) is 37.7 Å². The lowest BCUT2D eigenvalue weighted by molar-refractivity contribution is -0.148. The predicted octanol–water partition coefficient (Wildman–Crippen LogP) is 2.53. The molecule has 7 nitrogen and oxygen atoms in total. The van der Waals surface area contributed by atoms with Crippen molar-refractivity contribution in [2.75, 3.05) is 34.4 Å². The van der Waals surface area contributed by atoms with Gasteiger partial charge >= 0.3 is 5.97 Å². The maximum absolute atomic E-state index is 12.5. The Morgan fingerprint density at radius 2 is 1.89 bits per heavy atom. The number of ether oxygens (including phenoxy) is 2. The molecule has 1 saturated carbocycles. The Morgan fingerprint density at radius 3 is 2.54 bits per heavy atom. The van der Waals surface area contributed by atoms with Crippen molar-refractivity contribution in [3.05, 3.63) is 23.8 Å². The van der Waals surface area contributed by atoms with E-state index in [1.807, 2.05) is 32.3 Å². The predicted molar refractivity (Wildman–Crippen MR) is 107 cm³/mol. The van der Waals surface area contributed by atoms with Gasteiger partial charge in [0.2, 0.25) is 5.91 Å². The van der Waals surface area contributed by atoms with Crippen LogP contribution >= 0.6 is 0 Å². The summed E-state index contributed by atoms with van der Waals surface area (Å²) in [5.41, 5.74) is 0.883. The number of hydrogen-bond acceptors (Lipinski definition) is 5. The summed E-state index contributed by atoms with van der Waals surface area (Å²) in [6.45, 7) is 1.88. The van der Waals surface area contributed by atoms with Crippen LogP contribution in [-0.4, -0.2) is 56.2 Å². The van der Waals surface area contributed by atoms with E-state index in [9.17, 15) is 14.7 Å². The third kappa shape index (κ3) is 6.41. The zero-order valence-electron chi connectivity index (χ0n) is 17.1. The number of aliphatic carboxylic acids is 1. The summed E-state index contributed by atoms with van der Waals surface area (Å²) in [7, 11) is 5.63. The van der Waals surface area contributed by atoms with Gasteiger partial charge in [-0.05, 0) is 51.1 Å². The molecule has 7 heteroatoms. The van der Waals surface area contributed by atoms with Crippen LogP contribution in [0, 0.1) is 11.8 Å². The molecule has 2 N–H and O–H groups in total. The average molecular weight is 392 g/mol. The fourth-order valence-electron chi connectivity index (χ4n) is 3.56. The van der Waals surface area contributed by atoms with E-state index in [0.29, 0.717) is 37.5 Å². The molecule has 156 valence electrons. The molecular formula is C21H32N2O5. The molecule has 0 aromatic heterocycles. The Hall–Kier alpha value is -2.28. The Balaban J connectivity index is 1.91. The van der Waals surface area contributed by atoms with Gasteiger partial charge in [-0.3, -0.25) is 9.59 Å².